The monoisotopic (exact) mass is 441 g/mol. The molecule has 166 valence electrons. The Hall–Kier alpha value is -3.21. The van der Waals surface area contributed by atoms with Crippen LogP contribution in [-0.4, -0.2) is 41.8 Å². The molecule has 3 N–H and O–H groups in total. The van der Waals surface area contributed by atoms with Crippen molar-refractivity contribution in [2.24, 2.45) is 5.73 Å². The number of hydrogen-bond acceptors (Lipinski definition) is 5. The molecule has 7 nitrogen and oxygen atoms in total. The number of pyridine rings is 1. The van der Waals surface area contributed by atoms with Crippen LogP contribution in [0.5, 0.6) is 5.75 Å². The molecule has 0 unspecified atom stereocenters. The zero-order valence-electron chi connectivity index (χ0n) is 16.5. The smallest absolute Gasteiger partial charge is 0.417 e. The van der Waals surface area contributed by atoms with Gasteiger partial charge in [0.05, 0.1) is 7.11 Å². The lowest BCUT2D eigenvalue weighted by Crippen LogP contribution is -2.43. The molecule has 31 heavy (non-hydrogen) atoms. The van der Waals surface area contributed by atoms with Gasteiger partial charge in [0.1, 0.15) is 23.4 Å². The van der Waals surface area contributed by atoms with Crippen LogP contribution in [0, 0.1) is 5.82 Å². The number of amides is 2. The van der Waals surface area contributed by atoms with Gasteiger partial charge in [-0.25, -0.2) is 4.39 Å². The molecule has 2 heterocycles. The van der Waals surface area contributed by atoms with Gasteiger partial charge in [0.25, 0.3) is 11.8 Å². The van der Waals surface area contributed by atoms with Gasteiger partial charge >= 0.3 is 6.18 Å². The summed E-state index contributed by atoms with van der Waals surface area (Å²) in [5.74, 6) is -3.92. The highest BCUT2D eigenvalue weighted by molar-refractivity contribution is 5.97. The van der Waals surface area contributed by atoms with Crippen molar-refractivity contribution >= 4 is 17.5 Å². The second-order valence-electron chi connectivity index (χ2n) is 7.22. The van der Waals surface area contributed by atoms with Crippen LogP contribution >= 0.6 is 0 Å². The number of nitrogens with two attached hydrogens (primary N) is 1. The van der Waals surface area contributed by atoms with E-state index < -0.39 is 47.9 Å². The van der Waals surface area contributed by atoms with E-state index in [1.165, 1.54) is 31.5 Å². The van der Waals surface area contributed by atoms with E-state index >= 15 is 0 Å². The van der Waals surface area contributed by atoms with E-state index in [0.29, 0.717) is 0 Å². The van der Waals surface area contributed by atoms with Crippen molar-refractivity contribution in [3.63, 3.8) is 0 Å². The third kappa shape index (κ3) is 4.31. The normalized spacial score (nSPS) is 23.4. The van der Waals surface area contributed by atoms with E-state index in [2.05, 4.69) is 10.3 Å². The summed E-state index contributed by atoms with van der Waals surface area (Å²) in [4.78, 5) is 27.9. The first-order valence-corrected chi connectivity index (χ1v) is 9.10. The number of aromatic nitrogens is 1. The Bertz CT molecular complexity index is 1010. The van der Waals surface area contributed by atoms with Gasteiger partial charge in [-0.05, 0) is 37.6 Å². The van der Waals surface area contributed by atoms with Crippen molar-refractivity contribution in [3.05, 3.63) is 53.6 Å². The predicted octanol–water partition coefficient (Wildman–Crippen LogP) is 3.16. The Labute approximate surface area is 174 Å². The van der Waals surface area contributed by atoms with E-state index in [-0.39, 0.29) is 22.7 Å². The molecule has 0 aliphatic carbocycles. The minimum absolute atomic E-state index is 0.00208. The van der Waals surface area contributed by atoms with E-state index in [4.69, 9.17) is 15.2 Å². The molecular formula is C20H19F4N3O4. The maximum absolute atomic E-state index is 14.6. The third-order valence-corrected chi connectivity index (χ3v) is 5.10. The molecule has 1 saturated heterocycles. The lowest BCUT2D eigenvalue weighted by atomic mass is 9.85. The molecule has 11 heteroatoms. The summed E-state index contributed by atoms with van der Waals surface area (Å²) in [5, 5.41) is 2.38. The summed E-state index contributed by atoms with van der Waals surface area (Å²) < 4.78 is 66.0. The van der Waals surface area contributed by atoms with Gasteiger partial charge in [0, 0.05) is 23.4 Å². The minimum Gasteiger partial charge on any atom is -0.496 e. The number of benzene rings is 1. The zero-order chi connectivity index (χ0) is 23.0. The molecule has 0 radical (unpaired) electrons. The molecule has 2 amide bonds. The minimum atomic E-state index is -4.81. The first-order valence-electron chi connectivity index (χ1n) is 9.10. The molecule has 3 rings (SSSR count). The third-order valence-electron chi connectivity index (χ3n) is 5.10. The summed E-state index contributed by atoms with van der Waals surface area (Å²) >= 11 is 0. The maximum Gasteiger partial charge on any atom is 0.417 e. The average molecular weight is 441 g/mol. The van der Waals surface area contributed by atoms with Gasteiger partial charge in [0.15, 0.2) is 5.60 Å². The van der Waals surface area contributed by atoms with E-state index in [1.54, 1.807) is 0 Å². The highest BCUT2D eigenvalue weighted by Gasteiger charge is 2.61. The number of nitrogens with one attached hydrogen (secondary N) is 1. The van der Waals surface area contributed by atoms with Gasteiger partial charge in [-0.3, -0.25) is 14.6 Å². The number of hydrogen-bond donors (Lipinski definition) is 2. The molecule has 1 aliphatic heterocycles. The number of carbonyl (C=O) groups excluding carboxylic acids is 2. The first-order chi connectivity index (χ1) is 14.5. The Kier molecular flexibility index (Phi) is 5.90. The number of halogens is 4. The summed E-state index contributed by atoms with van der Waals surface area (Å²) in [6.07, 6.45) is -6.01. The molecule has 1 aliphatic rings. The Balaban J connectivity index is 2.00. The maximum atomic E-state index is 14.6. The summed E-state index contributed by atoms with van der Waals surface area (Å²) in [6.45, 7) is 0.804. The second-order valence-corrected chi connectivity index (χ2v) is 7.22. The molecule has 1 aromatic carbocycles. The quantitative estimate of drug-likeness (QED) is 0.694. The molecule has 1 aromatic heterocycles. The molecule has 0 bridgehead atoms. The van der Waals surface area contributed by atoms with Crippen LogP contribution in [0.2, 0.25) is 0 Å². The van der Waals surface area contributed by atoms with Crippen molar-refractivity contribution in [2.75, 3.05) is 12.4 Å². The number of rotatable bonds is 5. The van der Waals surface area contributed by atoms with E-state index in [0.717, 1.165) is 19.1 Å². The number of methoxy groups -OCH3 is 1. The van der Waals surface area contributed by atoms with Crippen LogP contribution < -0.4 is 15.8 Å². The number of anilines is 1. The number of nitrogens with zero attached hydrogens (tertiary/aromatic N) is 1. The predicted molar refractivity (Wildman–Crippen MR) is 101 cm³/mol. The van der Waals surface area contributed by atoms with Crippen LogP contribution in [0.1, 0.15) is 35.3 Å². The van der Waals surface area contributed by atoms with Gasteiger partial charge in [-0.1, -0.05) is 6.07 Å². The number of alkyl halides is 3. The number of ether oxygens (including phenoxy) is 2. The summed E-state index contributed by atoms with van der Waals surface area (Å²) in [6, 6.07) is 6.28. The lowest BCUT2D eigenvalue weighted by molar-refractivity contribution is -0.261. The Morgan fingerprint density at radius 2 is 2.03 bits per heavy atom. The van der Waals surface area contributed by atoms with E-state index in [1.807, 2.05) is 0 Å². The Morgan fingerprint density at radius 3 is 2.65 bits per heavy atom. The van der Waals surface area contributed by atoms with Gasteiger partial charge in [-0.15, -0.1) is 0 Å². The van der Waals surface area contributed by atoms with Crippen LogP contribution in [-0.2, 0) is 9.53 Å². The highest BCUT2D eigenvalue weighted by Crippen LogP contribution is 2.51. The summed E-state index contributed by atoms with van der Waals surface area (Å²) in [5.41, 5.74) is 2.18. The topological polar surface area (TPSA) is 104 Å². The van der Waals surface area contributed by atoms with Gasteiger partial charge in [-0.2, -0.15) is 13.2 Å². The molecular weight excluding hydrogens is 422 g/mol. The lowest BCUT2D eigenvalue weighted by Gasteiger charge is -2.27. The van der Waals surface area contributed by atoms with Crippen LogP contribution in [0.3, 0.4) is 0 Å². The molecule has 0 spiro atoms. The number of carbonyl (C=O) groups is 2. The number of primary amides is 1. The SMILES string of the molecule is COc1cccc(F)c1[C@H]1C[C@@](C)(C(F)(F)F)O[C@@H]1C(=O)Nc1ccnc(C(N)=O)c1. The van der Waals surface area contributed by atoms with Crippen molar-refractivity contribution in [1.82, 2.24) is 4.98 Å². The van der Waals surface area contributed by atoms with Crippen molar-refractivity contribution < 1.29 is 36.6 Å². The van der Waals surface area contributed by atoms with Crippen LogP contribution in [0.25, 0.3) is 0 Å². The molecule has 1 fully saturated rings. The second kappa shape index (κ2) is 8.14. The van der Waals surface area contributed by atoms with Crippen LogP contribution in [0.15, 0.2) is 36.5 Å². The molecule has 2 aromatic rings. The fraction of sp³-hybridized carbons (Fsp3) is 0.350. The van der Waals surface area contributed by atoms with Gasteiger partial charge < -0.3 is 20.5 Å². The molecule has 3 atom stereocenters. The largest absolute Gasteiger partial charge is 0.496 e. The first kappa shape index (κ1) is 22.5. The molecule has 0 saturated carbocycles. The highest BCUT2D eigenvalue weighted by atomic mass is 19.4. The van der Waals surface area contributed by atoms with Gasteiger partial charge in [0.2, 0.25) is 0 Å². The fourth-order valence-corrected chi connectivity index (χ4v) is 3.52. The van der Waals surface area contributed by atoms with E-state index in [9.17, 15) is 27.2 Å². The van der Waals surface area contributed by atoms with Crippen LogP contribution in [0.4, 0.5) is 23.2 Å². The standard InChI is InChI=1S/C20H19F4N3O4/c1-19(20(22,23)24)9-11(15-12(21)4-3-5-14(15)30-2)16(31-19)18(29)27-10-6-7-26-13(8-10)17(25)28/h3-8,11,16H,9H2,1-2H3,(H2,25,28)(H,26,27,29)/t11-,16+,19+/m1/s1. The summed E-state index contributed by atoms with van der Waals surface area (Å²) in [7, 11) is 1.24. The Morgan fingerprint density at radius 1 is 1.32 bits per heavy atom. The fourth-order valence-electron chi connectivity index (χ4n) is 3.52. The van der Waals surface area contributed by atoms with Crippen molar-refractivity contribution in [3.8, 4) is 5.75 Å². The van der Waals surface area contributed by atoms with Crippen molar-refractivity contribution in [2.45, 2.75) is 37.1 Å². The zero-order valence-corrected chi connectivity index (χ0v) is 16.5. The average Bonchev–Trinajstić information content (AvgIpc) is 3.06. The van der Waals surface area contributed by atoms with Crippen molar-refractivity contribution in [1.29, 1.82) is 0 Å².